The fourth-order valence-corrected chi connectivity index (χ4v) is 2.19. The normalized spacial score (nSPS) is 12.3. The molecule has 0 unspecified atom stereocenters. The van der Waals surface area contributed by atoms with Crippen LogP contribution in [-0.2, 0) is 6.42 Å². The molecule has 0 saturated heterocycles. The van der Waals surface area contributed by atoms with E-state index in [0.29, 0.717) is 23.8 Å². The second kappa shape index (κ2) is 6.15. The van der Waals surface area contributed by atoms with E-state index in [4.69, 9.17) is 10.3 Å². The van der Waals surface area contributed by atoms with Gasteiger partial charge in [-0.05, 0) is 40.0 Å². The Labute approximate surface area is 130 Å². The highest BCUT2D eigenvalue weighted by Gasteiger charge is 2.16. The predicted octanol–water partition coefficient (Wildman–Crippen LogP) is 3.14. The molecule has 0 amide bonds. The Balaban J connectivity index is 1.76. The van der Waals surface area contributed by atoms with E-state index in [1.165, 1.54) is 0 Å². The van der Waals surface area contributed by atoms with Gasteiger partial charge >= 0.3 is 0 Å². The average molecular weight is 345 g/mol. The second-order valence-corrected chi connectivity index (χ2v) is 5.53. The Hall–Kier alpha value is -2.05. The second-order valence-electron chi connectivity index (χ2n) is 4.61. The largest absolute Gasteiger partial charge is 0.337 e. The molecule has 0 fully saturated rings. The molecule has 0 saturated carbocycles. The molecular formula is C15H13BrN4O. The van der Waals surface area contributed by atoms with Gasteiger partial charge in [0.05, 0.1) is 6.04 Å². The van der Waals surface area contributed by atoms with Gasteiger partial charge in [0.2, 0.25) is 11.7 Å². The summed E-state index contributed by atoms with van der Waals surface area (Å²) in [6.07, 6.45) is 2.34. The van der Waals surface area contributed by atoms with Crippen LogP contribution in [0.25, 0.3) is 11.5 Å². The molecule has 0 aliphatic carbocycles. The molecule has 0 aliphatic heterocycles. The molecule has 2 N–H and O–H groups in total. The molecular weight excluding hydrogens is 332 g/mol. The first-order chi connectivity index (χ1) is 10.2. The van der Waals surface area contributed by atoms with Gasteiger partial charge in [0.1, 0.15) is 5.69 Å². The van der Waals surface area contributed by atoms with E-state index in [1.807, 2.05) is 42.5 Å². The number of rotatable bonds is 4. The summed E-state index contributed by atoms with van der Waals surface area (Å²) in [6, 6.07) is 13.3. The van der Waals surface area contributed by atoms with Gasteiger partial charge in [-0.3, -0.25) is 4.98 Å². The lowest BCUT2D eigenvalue weighted by Gasteiger charge is -2.05. The fraction of sp³-hybridized carbons (Fsp3) is 0.133. The molecule has 21 heavy (non-hydrogen) atoms. The third kappa shape index (κ3) is 3.34. The van der Waals surface area contributed by atoms with Crippen molar-refractivity contribution >= 4 is 15.9 Å². The summed E-state index contributed by atoms with van der Waals surface area (Å²) < 4.78 is 6.14. The highest BCUT2D eigenvalue weighted by atomic mass is 79.9. The lowest BCUT2D eigenvalue weighted by atomic mass is 10.1. The first kappa shape index (κ1) is 13.9. The van der Waals surface area contributed by atoms with Gasteiger partial charge < -0.3 is 10.3 Å². The molecule has 5 nitrogen and oxygen atoms in total. The van der Waals surface area contributed by atoms with E-state index in [9.17, 15) is 0 Å². The maximum Gasteiger partial charge on any atom is 0.244 e. The first-order valence-electron chi connectivity index (χ1n) is 6.47. The molecule has 106 valence electrons. The van der Waals surface area contributed by atoms with Crippen molar-refractivity contribution in [3.63, 3.8) is 0 Å². The lowest BCUT2D eigenvalue weighted by molar-refractivity contribution is 0.354. The Morgan fingerprint density at radius 3 is 2.67 bits per heavy atom. The summed E-state index contributed by atoms with van der Waals surface area (Å²) in [7, 11) is 0. The van der Waals surface area contributed by atoms with Gasteiger partial charge in [0, 0.05) is 10.7 Å². The number of nitrogens with zero attached hydrogens (tertiary/aromatic N) is 3. The maximum atomic E-state index is 6.12. The zero-order chi connectivity index (χ0) is 14.7. The molecule has 0 spiro atoms. The van der Waals surface area contributed by atoms with Gasteiger partial charge in [-0.15, -0.1) is 0 Å². The van der Waals surface area contributed by atoms with Crippen LogP contribution in [0.3, 0.4) is 0 Å². The van der Waals surface area contributed by atoms with E-state index in [2.05, 4.69) is 31.1 Å². The molecule has 6 heteroatoms. The third-order valence-corrected chi connectivity index (χ3v) is 3.48. The molecule has 1 aromatic carbocycles. The topological polar surface area (TPSA) is 77.8 Å². The Bertz CT molecular complexity index is 712. The Morgan fingerprint density at radius 2 is 1.95 bits per heavy atom. The average Bonchev–Trinajstić information content (AvgIpc) is 2.99. The van der Waals surface area contributed by atoms with Crippen molar-refractivity contribution in [2.75, 3.05) is 0 Å². The Morgan fingerprint density at radius 1 is 1.14 bits per heavy atom. The smallest absolute Gasteiger partial charge is 0.244 e. The number of hydrogen-bond donors (Lipinski definition) is 1. The fourth-order valence-electron chi connectivity index (χ4n) is 1.95. The quantitative estimate of drug-likeness (QED) is 0.786. The molecule has 3 aromatic rings. The highest BCUT2D eigenvalue weighted by molar-refractivity contribution is 9.10. The van der Waals surface area contributed by atoms with Gasteiger partial charge in [-0.25, -0.2) is 0 Å². The van der Waals surface area contributed by atoms with Gasteiger partial charge in [-0.1, -0.05) is 35.5 Å². The van der Waals surface area contributed by atoms with Crippen molar-refractivity contribution in [1.29, 1.82) is 0 Å². The van der Waals surface area contributed by atoms with Crippen LogP contribution in [0.4, 0.5) is 0 Å². The van der Waals surface area contributed by atoms with Crippen molar-refractivity contribution in [3.8, 4) is 11.5 Å². The Kier molecular flexibility index (Phi) is 4.08. The molecule has 0 radical (unpaired) electrons. The van der Waals surface area contributed by atoms with E-state index in [-0.39, 0.29) is 6.04 Å². The number of aromatic nitrogens is 3. The van der Waals surface area contributed by atoms with Crippen LogP contribution in [-0.4, -0.2) is 15.1 Å². The lowest BCUT2D eigenvalue weighted by Crippen LogP contribution is -2.13. The van der Waals surface area contributed by atoms with Crippen molar-refractivity contribution in [2.45, 2.75) is 12.5 Å². The monoisotopic (exact) mass is 344 g/mol. The summed E-state index contributed by atoms with van der Waals surface area (Å²) in [5, 5.41) is 3.93. The van der Waals surface area contributed by atoms with E-state index < -0.39 is 0 Å². The van der Waals surface area contributed by atoms with Crippen LogP contribution < -0.4 is 5.73 Å². The third-order valence-electron chi connectivity index (χ3n) is 3.01. The minimum atomic E-state index is -0.330. The number of pyridine rings is 1. The molecule has 2 heterocycles. The first-order valence-corrected chi connectivity index (χ1v) is 7.27. The molecule has 0 aliphatic rings. The standard InChI is InChI=1S/C15H13BrN4O/c16-11-6-7-13(18-9-11)14-19-15(21-20-14)12(17)8-10-4-2-1-3-5-10/h1-7,9,12H,8,17H2/t12-/m1/s1. The zero-order valence-electron chi connectivity index (χ0n) is 11.1. The summed E-state index contributed by atoms with van der Waals surface area (Å²) in [6.45, 7) is 0. The molecule has 0 bridgehead atoms. The van der Waals surface area contributed by atoms with Crippen LogP contribution in [0.15, 0.2) is 57.7 Å². The zero-order valence-corrected chi connectivity index (χ0v) is 12.7. The van der Waals surface area contributed by atoms with Crippen molar-refractivity contribution in [2.24, 2.45) is 5.73 Å². The van der Waals surface area contributed by atoms with Gasteiger partial charge in [-0.2, -0.15) is 4.98 Å². The van der Waals surface area contributed by atoms with E-state index in [1.54, 1.807) is 6.20 Å². The van der Waals surface area contributed by atoms with Crippen LogP contribution in [0.2, 0.25) is 0 Å². The SMILES string of the molecule is N[C@H](Cc1ccccc1)c1nc(-c2ccc(Br)cn2)no1. The minimum Gasteiger partial charge on any atom is -0.337 e. The van der Waals surface area contributed by atoms with Crippen molar-refractivity contribution < 1.29 is 4.52 Å². The number of hydrogen-bond acceptors (Lipinski definition) is 5. The van der Waals surface area contributed by atoms with Crippen LogP contribution in [0, 0.1) is 0 Å². The van der Waals surface area contributed by atoms with Gasteiger partial charge in [0.15, 0.2) is 0 Å². The van der Waals surface area contributed by atoms with Crippen molar-refractivity contribution in [1.82, 2.24) is 15.1 Å². The molecule has 1 atom stereocenters. The van der Waals surface area contributed by atoms with Gasteiger partial charge in [0.25, 0.3) is 0 Å². The van der Waals surface area contributed by atoms with Crippen LogP contribution in [0.1, 0.15) is 17.5 Å². The summed E-state index contributed by atoms with van der Waals surface area (Å²) in [5.41, 5.74) is 7.90. The number of benzene rings is 1. The predicted molar refractivity (Wildman–Crippen MR) is 82.3 cm³/mol. The van der Waals surface area contributed by atoms with E-state index >= 15 is 0 Å². The van der Waals surface area contributed by atoms with Crippen LogP contribution in [0.5, 0.6) is 0 Å². The summed E-state index contributed by atoms with van der Waals surface area (Å²) in [4.78, 5) is 8.56. The molecule has 2 aromatic heterocycles. The minimum absolute atomic E-state index is 0.330. The maximum absolute atomic E-state index is 6.12. The molecule has 3 rings (SSSR count). The highest BCUT2D eigenvalue weighted by Crippen LogP contribution is 2.19. The van der Waals surface area contributed by atoms with E-state index in [0.717, 1.165) is 10.0 Å². The summed E-state index contributed by atoms with van der Waals surface area (Å²) >= 11 is 3.34. The summed E-state index contributed by atoms with van der Waals surface area (Å²) in [5.74, 6) is 0.861. The van der Waals surface area contributed by atoms with Crippen LogP contribution >= 0.6 is 15.9 Å². The van der Waals surface area contributed by atoms with Crippen molar-refractivity contribution in [3.05, 3.63) is 64.6 Å². The number of halogens is 1. The number of nitrogens with two attached hydrogens (primary N) is 1.